The molecule has 0 spiro atoms. The van der Waals surface area contributed by atoms with Crippen LogP contribution in [0.25, 0.3) is 0 Å². The summed E-state index contributed by atoms with van der Waals surface area (Å²) in [5.74, 6) is -0.422. The number of likely N-dealkylation sites (tertiary alicyclic amines) is 2. The third-order valence-corrected chi connectivity index (χ3v) is 9.27. The number of hydrogen-bond acceptors (Lipinski definition) is 6. The lowest BCUT2D eigenvalue weighted by Crippen LogP contribution is -2.60. The van der Waals surface area contributed by atoms with Gasteiger partial charge in [0.15, 0.2) is 0 Å². The smallest absolute Gasteiger partial charge is 0.249 e. The van der Waals surface area contributed by atoms with Gasteiger partial charge in [-0.05, 0) is 64.3 Å². The van der Waals surface area contributed by atoms with Crippen molar-refractivity contribution in [2.45, 2.75) is 118 Å². The van der Waals surface area contributed by atoms with E-state index in [2.05, 4.69) is 24.1 Å². The van der Waals surface area contributed by atoms with Gasteiger partial charge in [0.05, 0.1) is 25.3 Å². The van der Waals surface area contributed by atoms with E-state index in [9.17, 15) is 19.2 Å². The van der Waals surface area contributed by atoms with Crippen molar-refractivity contribution in [3.8, 4) is 0 Å². The highest BCUT2D eigenvalue weighted by Gasteiger charge is 2.41. The summed E-state index contributed by atoms with van der Waals surface area (Å²) >= 11 is 0. The van der Waals surface area contributed by atoms with E-state index in [1.165, 1.54) is 0 Å². The zero-order chi connectivity index (χ0) is 32.1. The Morgan fingerprint density at radius 2 is 1.53 bits per heavy atom. The quantitative estimate of drug-likeness (QED) is 0.407. The van der Waals surface area contributed by atoms with Crippen LogP contribution in [0.2, 0.25) is 0 Å². The average molecular weight is 604 g/mol. The first-order valence-electron chi connectivity index (χ1n) is 16.3. The number of amides is 4. The molecule has 3 rings (SSSR count). The molecule has 4 amide bonds. The monoisotopic (exact) mass is 603 g/mol. The van der Waals surface area contributed by atoms with Gasteiger partial charge in [-0.25, -0.2) is 0 Å². The number of ether oxygens (including phenoxy) is 1. The Balaban J connectivity index is 1.77. The summed E-state index contributed by atoms with van der Waals surface area (Å²) in [5.41, 5.74) is 0.00279. The van der Waals surface area contributed by atoms with Crippen LogP contribution in [0.1, 0.15) is 87.5 Å². The minimum Gasteiger partial charge on any atom is -0.378 e. The summed E-state index contributed by atoms with van der Waals surface area (Å²) in [6.07, 6.45) is 6.17. The van der Waals surface area contributed by atoms with E-state index in [0.29, 0.717) is 44.8 Å². The fraction of sp³-hybridized carbons (Fsp3) is 0.818. The van der Waals surface area contributed by atoms with Crippen molar-refractivity contribution in [3.63, 3.8) is 0 Å². The molecule has 0 aromatic rings. The zero-order valence-corrected chi connectivity index (χ0v) is 28.1. The molecule has 3 fully saturated rings. The lowest BCUT2D eigenvalue weighted by molar-refractivity contribution is -0.145. The van der Waals surface area contributed by atoms with Crippen LogP contribution in [0.15, 0.2) is 11.6 Å². The molecule has 0 radical (unpaired) electrons. The van der Waals surface area contributed by atoms with Crippen LogP contribution in [0.3, 0.4) is 0 Å². The van der Waals surface area contributed by atoms with Crippen LogP contribution in [0, 0.1) is 11.3 Å². The number of likely N-dealkylation sites (N-methyl/N-ethyl adjacent to an activating group) is 1. The van der Waals surface area contributed by atoms with Gasteiger partial charge in [0, 0.05) is 38.3 Å². The molecule has 3 heterocycles. The summed E-state index contributed by atoms with van der Waals surface area (Å²) in [5, 5.41) is 3.14. The maximum atomic E-state index is 14.1. The van der Waals surface area contributed by atoms with Crippen LogP contribution in [0.5, 0.6) is 0 Å². The van der Waals surface area contributed by atoms with E-state index in [0.717, 1.165) is 32.2 Å². The molecule has 10 heteroatoms. The number of carbonyl (C=O) groups excluding carboxylic acids is 4. The molecule has 0 bridgehead atoms. The number of hydrogen-bond donors (Lipinski definition) is 1. The molecule has 43 heavy (non-hydrogen) atoms. The molecule has 4 unspecified atom stereocenters. The highest BCUT2D eigenvalue weighted by atomic mass is 16.5. The van der Waals surface area contributed by atoms with E-state index in [-0.39, 0.29) is 47.7 Å². The first-order valence-corrected chi connectivity index (χ1v) is 16.3. The predicted molar refractivity (Wildman–Crippen MR) is 168 cm³/mol. The Labute approximate surface area is 259 Å². The van der Waals surface area contributed by atoms with Gasteiger partial charge >= 0.3 is 0 Å². The van der Waals surface area contributed by atoms with Crippen LogP contribution < -0.4 is 5.32 Å². The molecule has 10 nitrogen and oxygen atoms in total. The van der Waals surface area contributed by atoms with E-state index in [1.54, 1.807) is 28.7 Å². The van der Waals surface area contributed by atoms with Crippen molar-refractivity contribution in [2.24, 2.45) is 11.3 Å². The number of nitrogens with zero attached hydrogens (tertiary/aromatic N) is 4. The maximum absolute atomic E-state index is 14.1. The second-order valence-electron chi connectivity index (χ2n) is 14.3. The summed E-state index contributed by atoms with van der Waals surface area (Å²) in [7, 11) is 1.76. The minimum absolute atomic E-state index is 0.00702. The van der Waals surface area contributed by atoms with Crippen molar-refractivity contribution in [1.29, 1.82) is 0 Å². The van der Waals surface area contributed by atoms with E-state index < -0.39 is 17.5 Å². The van der Waals surface area contributed by atoms with Gasteiger partial charge in [0.1, 0.15) is 12.1 Å². The fourth-order valence-electron chi connectivity index (χ4n) is 6.66. The molecular weight excluding hydrogens is 546 g/mol. The van der Waals surface area contributed by atoms with Gasteiger partial charge in [-0.3, -0.25) is 24.1 Å². The Kier molecular flexibility index (Phi) is 12.2. The van der Waals surface area contributed by atoms with Crippen LogP contribution in [-0.4, -0.2) is 120 Å². The van der Waals surface area contributed by atoms with Crippen molar-refractivity contribution in [2.75, 3.05) is 46.4 Å². The van der Waals surface area contributed by atoms with Gasteiger partial charge in [-0.15, -0.1) is 0 Å². The van der Waals surface area contributed by atoms with Crippen LogP contribution in [-0.2, 0) is 23.9 Å². The lowest BCUT2D eigenvalue weighted by atomic mass is 9.84. The first-order chi connectivity index (χ1) is 20.1. The molecular formula is C33H57N5O5. The van der Waals surface area contributed by atoms with Crippen LogP contribution >= 0.6 is 0 Å². The van der Waals surface area contributed by atoms with E-state index in [4.69, 9.17) is 4.74 Å². The molecule has 4 atom stereocenters. The molecule has 3 saturated heterocycles. The second-order valence-corrected chi connectivity index (χ2v) is 14.3. The molecule has 3 aliphatic rings. The van der Waals surface area contributed by atoms with Gasteiger partial charge in [0.2, 0.25) is 23.6 Å². The summed E-state index contributed by atoms with van der Waals surface area (Å²) in [6, 6.07) is -1.54. The zero-order valence-electron chi connectivity index (χ0n) is 28.1. The summed E-state index contributed by atoms with van der Waals surface area (Å²) in [6.45, 7) is 19.5. The fourth-order valence-corrected chi connectivity index (χ4v) is 6.66. The van der Waals surface area contributed by atoms with Crippen molar-refractivity contribution >= 4 is 23.6 Å². The summed E-state index contributed by atoms with van der Waals surface area (Å²) in [4.78, 5) is 62.1. The first kappa shape index (κ1) is 35.0. The third kappa shape index (κ3) is 8.59. The molecule has 0 aliphatic carbocycles. The minimum atomic E-state index is -0.722. The Hall–Kier alpha value is -2.46. The number of carbonyl (C=O) groups is 4. The largest absolute Gasteiger partial charge is 0.378 e. The predicted octanol–water partition coefficient (Wildman–Crippen LogP) is 3.06. The second kappa shape index (κ2) is 15.0. The molecule has 0 aromatic carbocycles. The normalized spacial score (nSPS) is 23.8. The number of rotatable bonds is 9. The third-order valence-electron chi connectivity index (χ3n) is 9.27. The standard InChI is InChI=1S/C33H57N5O5/c1-22(2)27(21-24(5)30(40)38-16-12-14-26(38)31(41)36-17-19-43-20-18-36)35(9)32(42)28(33(6,7)8)34-29(39)25-13-10-11-15-37(25)23(3)4/h21-23,25-28H,10-20H2,1-9H3,(H,34,39)/b24-21+. The van der Waals surface area contributed by atoms with Gasteiger partial charge in [0.25, 0.3) is 0 Å². The Bertz CT molecular complexity index is 1030. The van der Waals surface area contributed by atoms with Gasteiger partial charge in [-0.1, -0.05) is 47.1 Å². The Morgan fingerprint density at radius 1 is 0.907 bits per heavy atom. The molecule has 0 saturated carbocycles. The number of nitrogens with one attached hydrogen (secondary N) is 1. The summed E-state index contributed by atoms with van der Waals surface area (Å²) < 4.78 is 5.40. The molecule has 0 aromatic heterocycles. The van der Waals surface area contributed by atoms with Gasteiger partial charge in [-0.2, -0.15) is 0 Å². The average Bonchev–Trinajstić information content (AvgIpc) is 3.46. The van der Waals surface area contributed by atoms with Crippen molar-refractivity contribution in [1.82, 2.24) is 24.9 Å². The number of morpholine rings is 1. The number of piperidine rings is 1. The molecule has 244 valence electrons. The maximum Gasteiger partial charge on any atom is 0.249 e. The highest BCUT2D eigenvalue weighted by molar-refractivity contribution is 5.97. The highest BCUT2D eigenvalue weighted by Crippen LogP contribution is 2.27. The topological polar surface area (TPSA) is 102 Å². The van der Waals surface area contributed by atoms with E-state index >= 15 is 0 Å². The van der Waals surface area contributed by atoms with Gasteiger partial charge < -0.3 is 24.8 Å². The van der Waals surface area contributed by atoms with Crippen molar-refractivity contribution in [3.05, 3.63) is 11.6 Å². The SMILES string of the molecule is C/C(=C\C(C(C)C)N(C)C(=O)C(NC(=O)C1CCCCN1C(C)C)C(C)(C)C)C(=O)N1CCCC1C(=O)N1CCOCC1. The van der Waals surface area contributed by atoms with Crippen LogP contribution in [0.4, 0.5) is 0 Å². The lowest BCUT2D eigenvalue weighted by Gasteiger charge is -2.41. The molecule has 3 aliphatic heterocycles. The van der Waals surface area contributed by atoms with E-state index in [1.807, 2.05) is 40.7 Å². The molecule has 1 N–H and O–H groups in total. The van der Waals surface area contributed by atoms with Crippen molar-refractivity contribution < 1.29 is 23.9 Å². The Morgan fingerprint density at radius 3 is 2.12 bits per heavy atom.